The molecule has 0 saturated carbocycles. The van der Waals surface area contributed by atoms with Crippen LogP contribution < -0.4 is 15.4 Å². The second-order valence-corrected chi connectivity index (χ2v) is 9.68. The van der Waals surface area contributed by atoms with Crippen LogP contribution in [0.5, 0.6) is 0 Å². The first kappa shape index (κ1) is 26.5. The molecule has 194 valence electrons. The van der Waals surface area contributed by atoms with Crippen molar-refractivity contribution in [3.05, 3.63) is 77.4 Å². The molecule has 0 spiro atoms. The van der Waals surface area contributed by atoms with Gasteiger partial charge < -0.3 is 19.9 Å². The molecule has 1 aliphatic rings. The summed E-state index contributed by atoms with van der Waals surface area (Å²) in [6.45, 7) is 4.29. The molecule has 0 radical (unpaired) electrons. The van der Waals surface area contributed by atoms with Gasteiger partial charge in [0, 0.05) is 24.8 Å². The van der Waals surface area contributed by atoms with Gasteiger partial charge >= 0.3 is 0 Å². The van der Waals surface area contributed by atoms with Gasteiger partial charge in [-0.25, -0.2) is 27.9 Å². The van der Waals surface area contributed by atoms with E-state index in [0.717, 1.165) is 18.2 Å². The Balaban J connectivity index is 1.75. The number of nitrogens with zero attached hydrogens (tertiary/aromatic N) is 2. The Morgan fingerprint density at radius 2 is 1.76 bits per heavy atom. The number of ether oxygens (including phenoxy) is 1. The fraction of sp³-hybridized carbons (Fsp3) is 0.240. The van der Waals surface area contributed by atoms with E-state index < -0.39 is 45.1 Å². The van der Waals surface area contributed by atoms with Gasteiger partial charge in [-0.05, 0) is 45.2 Å². The first-order valence-electron chi connectivity index (χ1n) is 11.3. The second-order valence-electron chi connectivity index (χ2n) is 8.53. The van der Waals surface area contributed by atoms with Gasteiger partial charge in [0.2, 0.25) is 11.7 Å². The van der Waals surface area contributed by atoms with E-state index >= 15 is 4.39 Å². The van der Waals surface area contributed by atoms with E-state index in [1.54, 1.807) is 20.9 Å². The van der Waals surface area contributed by atoms with Crippen LogP contribution in [0.1, 0.15) is 25.1 Å². The highest BCUT2D eigenvalue weighted by Crippen LogP contribution is 2.42. The van der Waals surface area contributed by atoms with Crippen molar-refractivity contribution in [2.24, 2.45) is 0 Å². The summed E-state index contributed by atoms with van der Waals surface area (Å²) in [7, 11) is 1.80. The molecular weight excluding hydrogens is 507 g/mol. The molecule has 4 rings (SSSR count). The third kappa shape index (κ3) is 5.41. The lowest BCUT2D eigenvalue weighted by Gasteiger charge is -2.17. The second kappa shape index (κ2) is 10.8. The molecule has 0 saturated heterocycles. The SMILES string of the molecule is CNCCNc1nccc(C2=C(c3cccc(N[S+]([O-])c4c(F)cccc4F)c3F)C(=O)C(C)(C)O2)n1. The first-order valence-corrected chi connectivity index (χ1v) is 12.4. The summed E-state index contributed by atoms with van der Waals surface area (Å²) in [5.41, 5.74) is -1.60. The van der Waals surface area contributed by atoms with Crippen LogP contribution in [0.25, 0.3) is 11.3 Å². The first-order chi connectivity index (χ1) is 17.6. The zero-order valence-electron chi connectivity index (χ0n) is 20.2. The molecule has 0 bridgehead atoms. The fourth-order valence-corrected chi connectivity index (χ4v) is 4.62. The molecule has 1 aromatic heterocycles. The Bertz CT molecular complexity index is 1350. The summed E-state index contributed by atoms with van der Waals surface area (Å²) in [6.07, 6.45) is 1.48. The highest BCUT2D eigenvalue weighted by molar-refractivity contribution is 7.92. The topological polar surface area (TPSA) is 111 Å². The maximum Gasteiger partial charge on any atom is 0.250 e. The number of likely N-dealkylation sites (N-methyl/N-ethyl adjacent to an activating group) is 1. The van der Waals surface area contributed by atoms with E-state index in [1.165, 1.54) is 30.5 Å². The van der Waals surface area contributed by atoms with Crippen molar-refractivity contribution in [1.82, 2.24) is 15.3 Å². The van der Waals surface area contributed by atoms with E-state index in [0.29, 0.717) is 19.0 Å². The van der Waals surface area contributed by atoms with E-state index in [2.05, 4.69) is 25.3 Å². The van der Waals surface area contributed by atoms with Gasteiger partial charge in [-0.3, -0.25) is 4.79 Å². The number of halogens is 3. The van der Waals surface area contributed by atoms with Gasteiger partial charge in [0.05, 0.1) is 5.57 Å². The Morgan fingerprint density at radius 1 is 1.05 bits per heavy atom. The number of rotatable bonds is 9. The van der Waals surface area contributed by atoms with Gasteiger partial charge in [0.25, 0.3) is 4.90 Å². The number of ketones is 1. The normalized spacial score (nSPS) is 15.5. The molecule has 37 heavy (non-hydrogen) atoms. The van der Waals surface area contributed by atoms with Gasteiger partial charge in [0.1, 0.15) is 22.7 Å². The van der Waals surface area contributed by atoms with Gasteiger partial charge in [-0.2, -0.15) is 0 Å². The molecule has 0 aliphatic carbocycles. The largest absolute Gasteiger partial charge is 0.588 e. The van der Waals surface area contributed by atoms with E-state index in [9.17, 15) is 18.1 Å². The number of benzene rings is 2. The Morgan fingerprint density at radius 3 is 2.46 bits per heavy atom. The molecule has 0 fully saturated rings. The zero-order chi connectivity index (χ0) is 26.7. The lowest BCUT2D eigenvalue weighted by Crippen LogP contribution is -2.29. The number of anilines is 2. The minimum absolute atomic E-state index is 0.0476. The van der Waals surface area contributed by atoms with Crippen LogP contribution in [0.4, 0.5) is 24.8 Å². The maximum atomic E-state index is 15.7. The van der Waals surface area contributed by atoms with Gasteiger partial charge in [0.15, 0.2) is 28.8 Å². The summed E-state index contributed by atoms with van der Waals surface area (Å²) in [5, 5.41) is 6.02. The van der Waals surface area contributed by atoms with Gasteiger partial charge in [-0.1, -0.05) is 18.2 Å². The minimum Gasteiger partial charge on any atom is -0.588 e. The molecule has 0 amide bonds. The Kier molecular flexibility index (Phi) is 7.71. The molecule has 1 atom stereocenters. The zero-order valence-corrected chi connectivity index (χ0v) is 21.0. The number of nitrogens with one attached hydrogen (secondary N) is 3. The van der Waals surface area contributed by atoms with Gasteiger partial charge in [-0.15, -0.1) is 0 Å². The summed E-state index contributed by atoms with van der Waals surface area (Å²) in [4.78, 5) is 21.1. The number of aromatic nitrogens is 2. The molecule has 8 nitrogen and oxygen atoms in total. The van der Waals surface area contributed by atoms with Crippen LogP contribution in [0.2, 0.25) is 0 Å². The van der Waals surface area contributed by atoms with Crippen LogP contribution in [0.15, 0.2) is 53.6 Å². The maximum absolute atomic E-state index is 15.7. The van der Waals surface area contributed by atoms with Crippen molar-refractivity contribution in [3.63, 3.8) is 0 Å². The fourth-order valence-electron chi connectivity index (χ4n) is 3.67. The molecule has 2 aromatic carbocycles. The Labute approximate surface area is 214 Å². The number of hydrogen-bond acceptors (Lipinski definition) is 8. The third-order valence-electron chi connectivity index (χ3n) is 5.48. The van der Waals surface area contributed by atoms with Crippen molar-refractivity contribution in [3.8, 4) is 0 Å². The van der Waals surface area contributed by atoms with Crippen LogP contribution in [-0.4, -0.2) is 46.0 Å². The Hall–Kier alpha value is -3.61. The summed E-state index contributed by atoms with van der Waals surface area (Å²) in [6, 6.07) is 8.58. The van der Waals surface area contributed by atoms with Crippen molar-refractivity contribution in [2.75, 3.05) is 30.2 Å². The van der Waals surface area contributed by atoms with E-state index in [1.807, 2.05) is 0 Å². The monoisotopic (exact) mass is 531 g/mol. The van der Waals surface area contributed by atoms with Crippen molar-refractivity contribution < 1.29 is 27.3 Å². The van der Waals surface area contributed by atoms with Crippen LogP contribution in [-0.2, 0) is 20.9 Å². The summed E-state index contributed by atoms with van der Waals surface area (Å²) < 4.78 is 64.8. The number of carbonyl (C=O) groups is 1. The molecule has 1 unspecified atom stereocenters. The lowest BCUT2D eigenvalue weighted by molar-refractivity contribution is -0.125. The molecular formula is C25H24F3N5O3S. The third-order valence-corrected chi connectivity index (χ3v) is 6.65. The van der Waals surface area contributed by atoms with Crippen LogP contribution in [0.3, 0.4) is 0 Å². The number of Topliss-reactive ketones (excluding diaryl/α,β-unsaturated/α-hetero) is 1. The molecule has 12 heteroatoms. The molecule has 3 N–H and O–H groups in total. The number of hydrogen-bond donors (Lipinski definition) is 3. The average Bonchev–Trinajstić information content (AvgIpc) is 3.09. The quantitative estimate of drug-likeness (QED) is 0.282. The smallest absolute Gasteiger partial charge is 0.250 e. The summed E-state index contributed by atoms with van der Waals surface area (Å²) in [5.74, 6) is -3.20. The highest BCUT2D eigenvalue weighted by atomic mass is 32.2. The average molecular weight is 532 g/mol. The van der Waals surface area contributed by atoms with Crippen molar-refractivity contribution in [2.45, 2.75) is 24.3 Å². The number of carbonyl (C=O) groups excluding carboxylic acids is 1. The van der Waals surface area contributed by atoms with Crippen molar-refractivity contribution >= 4 is 40.1 Å². The minimum atomic E-state index is -2.46. The standard InChI is InChI=1S/C25H24F3N5O3S/c1-25(2)23(34)19(21(36-25)18-10-11-30-24(32-18)31-13-12-29-3)14-6-4-9-17(20(14)28)33-37(35)22-15(26)7-5-8-16(22)27/h4-11,29,33H,12-13H2,1-3H3,(H,30,31,32). The highest BCUT2D eigenvalue weighted by Gasteiger charge is 2.44. The van der Waals surface area contributed by atoms with Crippen molar-refractivity contribution in [1.29, 1.82) is 0 Å². The van der Waals surface area contributed by atoms with E-state index in [4.69, 9.17) is 4.74 Å². The van der Waals surface area contributed by atoms with E-state index in [-0.39, 0.29) is 28.3 Å². The van der Waals surface area contributed by atoms with Crippen LogP contribution >= 0.6 is 0 Å². The predicted molar refractivity (Wildman–Crippen MR) is 134 cm³/mol. The predicted octanol–water partition coefficient (Wildman–Crippen LogP) is 3.91. The summed E-state index contributed by atoms with van der Waals surface area (Å²) >= 11 is -2.46. The lowest BCUT2D eigenvalue weighted by atomic mass is 9.92. The molecule has 1 aliphatic heterocycles. The molecule has 2 heterocycles. The molecule has 3 aromatic rings. The van der Waals surface area contributed by atoms with Crippen LogP contribution in [0, 0.1) is 17.5 Å².